The van der Waals surface area contributed by atoms with Gasteiger partial charge in [0.15, 0.2) is 6.29 Å². The molecule has 7 unspecified atom stereocenters. The van der Waals surface area contributed by atoms with E-state index in [0.29, 0.717) is 23.2 Å². The highest BCUT2D eigenvalue weighted by Gasteiger charge is 2.66. The van der Waals surface area contributed by atoms with Gasteiger partial charge in [-0.25, -0.2) is 0 Å². The van der Waals surface area contributed by atoms with Crippen molar-refractivity contribution in [2.75, 3.05) is 7.11 Å². The summed E-state index contributed by atoms with van der Waals surface area (Å²) in [6, 6.07) is 0. The van der Waals surface area contributed by atoms with Crippen LogP contribution in [-0.4, -0.2) is 49.3 Å². The lowest BCUT2D eigenvalue weighted by molar-refractivity contribution is -0.251. The number of hydrogen-bond donors (Lipinski definition) is 1. The van der Waals surface area contributed by atoms with E-state index in [1.54, 1.807) is 0 Å². The molecule has 0 amide bonds. The lowest BCUT2D eigenvalue weighted by Gasteiger charge is -2.64. The van der Waals surface area contributed by atoms with Gasteiger partial charge in [0, 0.05) is 26.0 Å². The minimum absolute atomic E-state index is 0.0563. The van der Waals surface area contributed by atoms with E-state index in [1.165, 1.54) is 45.4 Å². The summed E-state index contributed by atoms with van der Waals surface area (Å²) < 4.78 is 23.9. The van der Waals surface area contributed by atoms with Gasteiger partial charge in [0.05, 0.1) is 18.3 Å². The molecule has 0 aromatic carbocycles. The zero-order valence-electron chi connectivity index (χ0n) is 23.6. The van der Waals surface area contributed by atoms with Crippen molar-refractivity contribution in [3.63, 3.8) is 0 Å². The first kappa shape index (κ1) is 26.9. The van der Waals surface area contributed by atoms with Crippen LogP contribution in [0.15, 0.2) is 0 Å². The summed E-state index contributed by atoms with van der Waals surface area (Å²) in [5.74, 6) is 2.39. The highest BCUT2D eigenvalue weighted by molar-refractivity contribution is 5.66. The van der Waals surface area contributed by atoms with E-state index in [4.69, 9.17) is 24.7 Å². The molecule has 4 saturated carbocycles. The van der Waals surface area contributed by atoms with E-state index in [0.717, 1.165) is 38.0 Å². The number of rotatable bonds is 5. The van der Waals surface area contributed by atoms with Crippen LogP contribution in [0.25, 0.3) is 0 Å². The maximum atomic E-state index is 11.4. The Hall–Kier alpha value is -0.690. The fourth-order valence-corrected chi connectivity index (χ4v) is 9.98. The minimum atomic E-state index is -0.236. The Morgan fingerprint density at radius 3 is 2.47 bits per heavy atom. The number of hydrogen-bond acceptors (Lipinski definition) is 6. The largest absolute Gasteiger partial charge is 0.460 e. The van der Waals surface area contributed by atoms with Gasteiger partial charge < -0.3 is 24.7 Å². The van der Waals surface area contributed by atoms with Crippen molar-refractivity contribution in [3.05, 3.63) is 0 Å². The number of fused-ring (bicyclic) bond motifs is 5. The molecule has 6 nitrogen and oxygen atoms in total. The van der Waals surface area contributed by atoms with Crippen LogP contribution in [0.5, 0.6) is 0 Å². The molecule has 206 valence electrons. The third kappa shape index (κ3) is 4.26. The second-order valence-corrected chi connectivity index (χ2v) is 13.6. The number of esters is 1. The zero-order valence-corrected chi connectivity index (χ0v) is 23.6. The molecule has 2 N–H and O–H groups in total. The Balaban J connectivity index is 1.23. The Bertz CT molecular complexity index is 821. The molecule has 36 heavy (non-hydrogen) atoms. The molecule has 4 aliphatic carbocycles. The van der Waals surface area contributed by atoms with E-state index in [1.807, 2.05) is 14.0 Å². The average molecular weight is 506 g/mol. The summed E-state index contributed by atoms with van der Waals surface area (Å²) in [6.45, 7) is 10.8. The first-order valence-electron chi connectivity index (χ1n) is 14.8. The van der Waals surface area contributed by atoms with Crippen LogP contribution in [0.1, 0.15) is 105 Å². The Labute approximate surface area is 218 Å². The van der Waals surface area contributed by atoms with Crippen LogP contribution >= 0.6 is 0 Å². The minimum Gasteiger partial charge on any atom is -0.460 e. The third-order valence-corrected chi connectivity index (χ3v) is 12.2. The number of carbonyl (C=O) groups excluding carboxylic acids is 1. The van der Waals surface area contributed by atoms with Crippen molar-refractivity contribution in [1.82, 2.24) is 0 Å². The number of methoxy groups -OCH3 is 1. The molecule has 0 radical (unpaired) electrons. The standard InChI is InChI=1S/C30H51NO5/c1-18(33-6)23-13-16-30(31)25-8-7-21-17-22(11-14-28(21,4)24(25)12-15-29(23,30)5)36-27-10-9-26(19(2)34-27)35-20(3)32/h18-19,21-27H,7-17,31H2,1-6H3/t18?,19?,21?,22-,23+,24?,25?,26?,27?,28-,29+,30-/m0/s1. The van der Waals surface area contributed by atoms with Gasteiger partial charge >= 0.3 is 5.97 Å². The van der Waals surface area contributed by atoms with Crippen molar-refractivity contribution in [2.45, 2.75) is 141 Å². The molecule has 0 aromatic rings. The average Bonchev–Trinajstić information content (AvgIpc) is 3.11. The Morgan fingerprint density at radius 2 is 1.78 bits per heavy atom. The predicted octanol–water partition coefficient (Wildman–Crippen LogP) is 5.60. The lowest BCUT2D eigenvalue weighted by Crippen LogP contribution is -2.67. The molecule has 5 fully saturated rings. The van der Waals surface area contributed by atoms with Crippen LogP contribution in [0.4, 0.5) is 0 Å². The topological polar surface area (TPSA) is 80.0 Å². The van der Waals surface area contributed by atoms with Gasteiger partial charge in [-0.2, -0.15) is 0 Å². The zero-order chi connectivity index (χ0) is 25.9. The molecule has 1 heterocycles. The third-order valence-electron chi connectivity index (χ3n) is 12.2. The fraction of sp³-hybridized carbons (Fsp3) is 0.967. The lowest BCUT2D eigenvalue weighted by atomic mass is 9.42. The SMILES string of the molecule is COC(C)[C@H]1CC[C@]2(N)C3CCC4C[C@@H](OC5CCC(OC(C)=O)C(C)O5)CC[C@]4(C)C3CC[C@]12C. The van der Waals surface area contributed by atoms with Crippen molar-refractivity contribution >= 4 is 5.97 Å². The van der Waals surface area contributed by atoms with Gasteiger partial charge in [-0.3, -0.25) is 4.79 Å². The van der Waals surface area contributed by atoms with Gasteiger partial charge in [0.25, 0.3) is 0 Å². The van der Waals surface area contributed by atoms with E-state index < -0.39 is 0 Å². The molecular formula is C30H51NO5. The molecule has 12 atom stereocenters. The van der Waals surface area contributed by atoms with Crippen LogP contribution in [0, 0.1) is 34.5 Å². The number of carbonyl (C=O) groups is 1. The monoisotopic (exact) mass is 505 g/mol. The summed E-state index contributed by atoms with van der Waals surface area (Å²) in [5.41, 5.74) is 7.99. The van der Waals surface area contributed by atoms with E-state index >= 15 is 0 Å². The van der Waals surface area contributed by atoms with Crippen molar-refractivity contribution in [3.8, 4) is 0 Å². The predicted molar refractivity (Wildman–Crippen MR) is 139 cm³/mol. The van der Waals surface area contributed by atoms with Crippen molar-refractivity contribution in [1.29, 1.82) is 0 Å². The van der Waals surface area contributed by atoms with Gasteiger partial charge in [-0.15, -0.1) is 0 Å². The second-order valence-electron chi connectivity index (χ2n) is 13.6. The Morgan fingerprint density at radius 1 is 1.00 bits per heavy atom. The summed E-state index contributed by atoms with van der Waals surface area (Å²) in [4.78, 5) is 11.4. The summed E-state index contributed by atoms with van der Waals surface area (Å²) in [7, 11) is 1.86. The fourth-order valence-electron chi connectivity index (χ4n) is 9.98. The first-order chi connectivity index (χ1) is 17.0. The van der Waals surface area contributed by atoms with E-state index in [9.17, 15) is 4.79 Å². The normalized spacial score (nSPS) is 51.5. The maximum Gasteiger partial charge on any atom is 0.302 e. The van der Waals surface area contributed by atoms with Gasteiger partial charge in [-0.1, -0.05) is 13.8 Å². The maximum absolute atomic E-state index is 11.4. The van der Waals surface area contributed by atoms with E-state index in [2.05, 4.69) is 20.8 Å². The van der Waals surface area contributed by atoms with Crippen LogP contribution in [0.2, 0.25) is 0 Å². The molecule has 0 aromatic heterocycles. The smallest absolute Gasteiger partial charge is 0.302 e. The van der Waals surface area contributed by atoms with Crippen LogP contribution in [0.3, 0.4) is 0 Å². The van der Waals surface area contributed by atoms with Gasteiger partial charge in [0.2, 0.25) is 0 Å². The summed E-state index contributed by atoms with van der Waals surface area (Å²) >= 11 is 0. The first-order valence-corrected chi connectivity index (χ1v) is 14.8. The molecule has 5 rings (SSSR count). The molecule has 1 aliphatic heterocycles. The van der Waals surface area contributed by atoms with Crippen LogP contribution in [-0.2, 0) is 23.7 Å². The quantitative estimate of drug-likeness (QED) is 0.387. The molecule has 0 spiro atoms. The highest BCUT2D eigenvalue weighted by Crippen LogP contribution is 2.68. The van der Waals surface area contributed by atoms with Gasteiger partial charge in [-0.05, 0) is 113 Å². The van der Waals surface area contributed by atoms with Crippen molar-refractivity contribution in [2.24, 2.45) is 40.2 Å². The molecule has 5 aliphatic rings. The molecular weight excluding hydrogens is 454 g/mol. The summed E-state index contributed by atoms with van der Waals surface area (Å²) in [5, 5.41) is 0. The molecule has 0 bridgehead atoms. The highest BCUT2D eigenvalue weighted by atomic mass is 16.7. The number of ether oxygens (including phenoxy) is 4. The van der Waals surface area contributed by atoms with Crippen molar-refractivity contribution < 1.29 is 23.7 Å². The molecule has 1 saturated heterocycles. The molecule has 6 heteroatoms. The number of nitrogens with two attached hydrogens (primary N) is 1. The Kier molecular flexibility index (Phi) is 7.33. The van der Waals surface area contributed by atoms with Gasteiger partial charge in [0.1, 0.15) is 6.10 Å². The van der Waals surface area contributed by atoms with Crippen LogP contribution < -0.4 is 5.73 Å². The summed E-state index contributed by atoms with van der Waals surface area (Å²) in [6.07, 6.45) is 12.6. The van der Waals surface area contributed by atoms with E-state index in [-0.39, 0.29) is 47.6 Å². The second kappa shape index (κ2) is 9.81.